The van der Waals surface area contributed by atoms with E-state index in [1.807, 2.05) is 18.2 Å². The van der Waals surface area contributed by atoms with Crippen LogP contribution in [0.5, 0.6) is 0 Å². The number of carbonyl (C=O) groups is 1. The number of hydrogen-bond donors (Lipinski definition) is 0. The SMILES string of the molecule is Cl.[2H]c1c([2H])c([2H])c(N(C(=O)C=C)C2CCN(CCc3ccccc3)CC2)c([2H])c1[2H]. The molecule has 1 aliphatic heterocycles. The molecule has 1 heterocycles. The molecule has 26 heavy (non-hydrogen) atoms. The first-order chi connectivity index (χ1) is 14.3. The number of piperidine rings is 1. The first-order valence-electron chi connectivity index (χ1n) is 11.1. The van der Waals surface area contributed by atoms with Crippen LogP contribution in [0.2, 0.25) is 0 Å². The highest BCUT2D eigenvalue weighted by molar-refractivity contribution is 6.01. The van der Waals surface area contributed by atoms with Crippen molar-refractivity contribution in [2.45, 2.75) is 25.3 Å². The Balaban J connectivity index is 0.00000341. The highest BCUT2D eigenvalue weighted by Gasteiger charge is 2.27. The number of hydrogen-bond acceptors (Lipinski definition) is 2. The summed E-state index contributed by atoms with van der Waals surface area (Å²) in [4.78, 5) is 16.4. The molecule has 1 fully saturated rings. The number of para-hydroxylation sites is 1. The van der Waals surface area contributed by atoms with E-state index in [0.29, 0.717) is 12.8 Å². The average molecular weight is 376 g/mol. The predicted molar refractivity (Wildman–Crippen MR) is 111 cm³/mol. The number of nitrogens with zero attached hydrogens (tertiary/aromatic N) is 2. The standard InChI is InChI=1S/C22H26N2O.ClH/c1-2-22(25)24(20-11-7-4-8-12-20)21-14-17-23(18-15-21)16-13-19-9-5-3-6-10-19;/h2-12,21H,1,13-18H2;1H/i4D,7D,8D,11D,12D;. The molecule has 0 bridgehead atoms. The fourth-order valence-corrected chi connectivity index (χ4v) is 3.27. The molecule has 0 atom stereocenters. The van der Waals surface area contributed by atoms with Gasteiger partial charge >= 0.3 is 0 Å². The molecule has 4 heteroatoms. The van der Waals surface area contributed by atoms with Crippen molar-refractivity contribution in [1.29, 1.82) is 0 Å². The molecule has 0 aliphatic carbocycles. The molecule has 1 aliphatic rings. The molecule has 2 aromatic carbocycles. The van der Waals surface area contributed by atoms with E-state index in [1.165, 1.54) is 10.5 Å². The zero-order valence-electron chi connectivity index (χ0n) is 19.7. The third-order valence-corrected chi connectivity index (χ3v) is 4.62. The Kier molecular flexibility index (Phi) is 5.47. The smallest absolute Gasteiger partial charge is 0.250 e. The van der Waals surface area contributed by atoms with Crippen LogP contribution >= 0.6 is 12.4 Å². The Morgan fingerprint density at radius 1 is 1.19 bits per heavy atom. The van der Waals surface area contributed by atoms with Gasteiger partial charge in [0.15, 0.2) is 0 Å². The third-order valence-electron chi connectivity index (χ3n) is 4.62. The number of rotatable bonds is 6. The van der Waals surface area contributed by atoms with Gasteiger partial charge < -0.3 is 9.80 Å². The molecule has 0 aromatic heterocycles. The second-order valence-electron chi connectivity index (χ2n) is 6.19. The number of amides is 1. The summed E-state index contributed by atoms with van der Waals surface area (Å²) >= 11 is 0. The summed E-state index contributed by atoms with van der Waals surface area (Å²) in [5.41, 5.74) is 1.22. The number of halogens is 1. The van der Waals surface area contributed by atoms with Crippen molar-refractivity contribution >= 4 is 24.0 Å². The molecular weight excluding hydrogens is 344 g/mol. The van der Waals surface area contributed by atoms with Crippen LogP contribution in [0.1, 0.15) is 25.3 Å². The summed E-state index contributed by atoms with van der Waals surface area (Å²) in [5.74, 6) is -0.448. The molecule has 0 N–H and O–H groups in total. The first-order valence-corrected chi connectivity index (χ1v) is 8.64. The van der Waals surface area contributed by atoms with Crippen molar-refractivity contribution in [2.75, 3.05) is 24.5 Å². The Bertz CT molecular complexity index is 904. The Hall–Kier alpha value is -2.10. The normalized spacial score (nSPS) is 17.8. The van der Waals surface area contributed by atoms with Crippen LogP contribution in [0.25, 0.3) is 0 Å². The lowest BCUT2D eigenvalue weighted by molar-refractivity contribution is -0.114. The summed E-state index contributed by atoms with van der Waals surface area (Å²) in [6.45, 7) is 6.01. The van der Waals surface area contributed by atoms with Gasteiger partial charge in [0, 0.05) is 31.4 Å². The van der Waals surface area contributed by atoms with E-state index < -0.39 is 24.0 Å². The van der Waals surface area contributed by atoms with E-state index >= 15 is 0 Å². The van der Waals surface area contributed by atoms with Gasteiger partial charge in [-0.1, -0.05) is 55.0 Å². The Morgan fingerprint density at radius 3 is 2.46 bits per heavy atom. The Morgan fingerprint density at radius 2 is 1.85 bits per heavy atom. The summed E-state index contributed by atoms with van der Waals surface area (Å²) < 4.78 is 40.1. The lowest BCUT2D eigenvalue weighted by Crippen LogP contribution is -2.47. The lowest BCUT2D eigenvalue weighted by atomic mass is 10.0. The maximum absolute atomic E-state index is 12.7. The summed E-state index contributed by atoms with van der Waals surface area (Å²) in [6, 6.07) is 7.97. The second kappa shape index (κ2) is 10.1. The molecule has 0 unspecified atom stereocenters. The maximum Gasteiger partial charge on any atom is 0.250 e. The van der Waals surface area contributed by atoms with Crippen LogP contribution in [0.4, 0.5) is 5.69 Å². The van der Waals surface area contributed by atoms with Crippen molar-refractivity contribution in [3.8, 4) is 0 Å². The molecule has 138 valence electrons. The molecule has 1 amide bonds. The number of carbonyl (C=O) groups excluding carboxylic acids is 1. The monoisotopic (exact) mass is 375 g/mol. The van der Waals surface area contributed by atoms with Crippen molar-refractivity contribution < 1.29 is 11.6 Å². The maximum atomic E-state index is 12.7. The summed E-state index contributed by atoms with van der Waals surface area (Å²) in [6.07, 6.45) is 3.42. The van der Waals surface area contributed by atoms with Gasteiger partial charge in [0.25, 0.3) is 5.91 Å². The van der Waals surface area contributed by atoms with Crippen molar-refractivity contribution in [1.82, 2.24) is 4.90 Å². The summed E-state index contributed by atoms with van der Waals surface area (Å²) in [7, 11) is 0. The molecular formula is C22H27ClN2O. The first kappa shape index (κ1) is 14.0. The second-order valence-corrected chi connectivity index (χ2v) is 6.19. The topological polar surface area (TPSA) is 23.6 Å². The van der Waals surface area contributed by atoms with Gasteiger partial charge in [-0.05, 0) is 43.0 Å². The largest absolute Gasteiger partial charge is 0.306 e. The van der Waals surface area contributed by atoms with Crippen LogP contribution in [0.15, 0.2) is 73.2 Å². The van der Waals surface area contributed by atoms with Crippen molar-refractivity contribution in [3.05, 3.63) is 78.8 Å². The van der Waals surface area contributed by atoms with Gasteiger partial charge in [0.05, 0.1) is 6.85 Å². The van der Waals surface area contributed by atoms with Crippen molar-refractivity contribution in [3.63, 3.8) is 0 Å². The van der Waals surface area contributed by atoms with Gasteiger partial charge in [0.1, 0.15) is 0 Å². The van der Waals surface area contributed by atoms with E-state index in [4.69, 9.17) is 6.85 Å². The number of benzene rings is 2. The van der Waals surface area contributed by atoms with Gasteiger partial charge in [-0.2, -0.15) is 0 Å². The molecule has 2 aromatic rings. The van der Waals surface area contributed by atoms with Gasteiger partial charge in [-0.3, -0.25) is 4.79 Å². The minimum Gasteiger partial charge on any atom is -0.306 e. The third kappa shape index (κ3) is 5.20. The van der Waals surface area contributed by atoms with E-state index in [1.54, 1.807) is 0 Å². The molecule has 0 radical (unpaired) electrons. The van der Waals surface area contributed by atoms with Gasteiger partial charge in [0.2, 0.25) is 0 Å². The predicted octanol–water partition coefficient (Wildman–Crippen LogP) is 4.33. The van der Waals surface area contributed by atoms with Crippen LogP contribution in [0.3, 0.4) is 0 Å². The van der Waals surface area contributed by atoms with E-state index in [9.17, 15) is 4.79 Å². The minimum atomic E-state index is -0.463. The average Bonchev–Trinajstić information content (AvgIpc) is 2.78. The quantitative estimate of drug-likeness (QED) is 0.701. The fraction of sp³-hybridized carbons (Fsp3) is 0.318. The van der Waals surface area contributed by atoms with Crippen LogP contribution in [0, 0.1) is 0 Å². The number of likely N-dealkylation sites (tertiary alicyclic amines) is 1. The van der Waals surface area contributed by atoms with Crippen LogP contribution < -0.4 is 4.90 Å². The molecule has 0 saturated carbocycles. The summed E-state index contributed by atoms with van der Waals surface area (Å²) in [5, 5.41) is 0. The van der Waals surface area contributed by atoms with Gasteiger partial charge in [-0.15, -0.1) is 12.4 Å². The van der Waals surface area contributed by atoms with Crippen LogP contribution in [-0.2, 0) is 11.2 Å². The highest BCUT2D eigenvalue weighted by Crippen LogP contribution is 2.24. The van der Waals surface area contributed by atoms with Crippen molar-refractivity contribution in [2.24, 2.45) is 0 Å². The molecule has 0 spiro atoms. The molecule has 3 nitrogen and oxygen atoms in total. The minimum absolute atomic E-state index is 0. The van der Waals surface area contributed by atoms with Crippen LogP contribution in [-0.4, -0.2) is 36.5 Å². The van der Waals surface area contributed by atoms with E-state index in [0.717, 1.165) is 32.1 Å². The fourth-order valence-electron chi connectivity index (χ4n) is 3.27. The molecule has 3 rings (SSSR count). The lowest BCUT2D eigenvalue weighted by Gasteiger charge is -2.38. The van der Waals surface area contributed by atoms with E-state index in [-0.39, 0.29) is 36.2 Å². The molecule has 1 saturated heterocycles. The highest BCUT2D eigenvalue weighted by atomic mass is 35.5. The number of anilines is 1. The zero-order chi connectivity index (χ0) is 21.8. The zero-order valence-corrected chi connectivity index (χ0v) is 15.5. The Labute approximate surface area is 169 Å². The van der Waals surface area contributed by atoms with Gasteiger partial charge in [-0.25, -0.2) is 0 Å². The van der Waals surface area contributed by atoms with E-state index in [2.05, 4.69) is 23.6 Å².